The van der Waals surface area contributed by atoms with Gasteiger partial charge in [-0.25, -0.2) is 0 Å². The average molecular weight is 342 g/mol. The summed E-state index contributed by atoms with van der Waals surface area (Å²) < 4.78 is 0. The number of nitrogens with one attached hydrogen (secondary N) is 1. The topological polar surface area (TPSA) is 32.3 Å². The zero-order chi connectivity index (χ0) is 17.6. The Balaban J connectivity index is 1.37. The summed E-state index contributed by atoms with van der Waals surface area (Å²) >= 11 is 0. The Labute approximate surface area is 153 Å². The van der Waals surface area contributed by atoms with E-state index >= 15 is 0 Å². The standard InChI is InChI=1S/C23H22N2O/c26-22-23(20-10-3-4-11-21(20)24-22)12-14-25(15-13-23)16-18-8-5-7-17-6-1-2-9-19(17)18/h1-11H,12-16H2,(H,24,26). The first-order chi connectivity index (χ1) is 12.8. The second-order valence-corrected chi connectivity index (χ2v) is 7.50. The van der Waals surface area contributed by atoms with Gasteiger partial charge in [-0.15, -0.1) is 0 Å². The summed E-state index contributed by atoms with van der Waals surface area (Å²) in [5.74, 6) is 0.184. The summed E-state index contributed by atoms with van der Waals surface area (Å²) in [5, 5.41) is 5.72. The van der Waals surface area contributed by atoms with E-state index in [1.54, 1.807) is 0 Å². The van der Waals surface area contributed by atoms with Gasteiger partial charge in [0.1, 0.15) is 0 Å². The lowest BCUT2D eigenvalue weighted by Gasteiger charge is -2.38. The number of hydrogen-bond donors (Lipinski definition) is 1. The molecule has 3 aromatic carbocycles. The van der Waals surface area contributed by atoms with Crippen molar-refractivity contribution in [2.45, 2.75) is 24.8 Å². The molecule has 0 bridgehead atoms. The SMILES string of the molecule is O=C1Nc2ccccc2C12CCN(Cc1cccc3ccccc13)CC2. The minimum atomic E-state index is -0.328. The fraction of sp³-hybridized carbons (Fsp3) is 0.261. The maximum Gasteiger partial charge on any atom is 0.235 e. The molecular formula is C23H22N2O. The zero-order valence-corrected chi connectivity index (χ0v) is 14.7. The molecule has 0 radical (unpaired) electrons. The molecule has 1 N–H and O–H groups in total. The summed E-state index contributed by atoms with van der Waals surface area (Å²) in [4.78, 5) is 15.2. The minimum absolute atomic E-state index is 0.184. The lowest BCUT2D eigenvalue weighted by molar-refractivity contribution is -0.122. The lowest BCUT2D eigenvalue weighted by Crippen LogP contribution is -2.46. The molecule has 0 unspecified atom stereocenters. The molecule has 1 spiro atoms. The molecule has 3 aromatic rings. The normalized spacial score (nSPS) is 18.8. The van der Waals surface area contributed by atoms with Crippen molar-refractivity contribution in [1.29, 1.82) is 0 Å². The van der Waals surface area contributed by atoms with Gasteiger partial charge in [-0.1, -0.05) is 60.7 Å². The molecule has 3 heteroatoms. The van der Waals surface area contributed by atoms with E-state index in [-0.39, 0.29) is 11.3 Å². The molecule has 1 amide bonds. The van der Waals surface area contributed by atoms with E-state index in [2.05, 4.69) is 58.7 Å². The summed E-state index contributed by atoms with van der Waals surface area (Å²) in [6.45, 7) is 2.84. The van der Waals surface area contributed by atoms with Gasteiger partial charge in [0.2, 0.25) is 5.91 Å². The van der Waals surface area contributed by atoms with Gasteiger partial charge in [0.05, 0.1) is 5.41 Å². The number of benzene rings is 3. The fourth-order valence-electron chi connectivity index (χ4n) is 4.63. The predicted molar refractivity (Wildman–Crippen MR) is 105 cm³/mol. The van der Waals surface area contributed by atoms with Crippen LogP contribution < -0.4 is 5.32 Å². The van der Waals surface area contributed by atoms with Crippen molar-refractivity contribution in [2.75, 3.05) is 18.4 Å². The van der Waals surface area contributed by atoms with Gasteiger partial charge in [-0.2, -0.15) is 0 Å². The van der Waals surface area contributed by atoms with Crippen molar-refractivity contribution < 1.29 is 4.79 Å². The first-order valence-electron chi connectivity index (χ1n) is 9.36. The molecule has 5 rings (SSSR count). The molecule has 0 aromatic heterocycles. The van der Waals surface area contributed by atoms with Gasteiger partial charge in [-0.05, 0) is 53.9 Å². The van der Waals surface area contributed by atoms with Gasteiger partial charge >= 0.3 is 0 Å². The van der Waals surface area contributed by atoms with E-state index in [0.29, 0.717) is 0 Å². The van der Waals surface area contributed by atoms with Gasteiger partial charge in [0.15, 0.2) is 0 Å². The Hall–Kier alpha value is -2.65. The number of fused-ring (bicyclic) bond motifs is 3. The highest BCUT2D eigenvalue weighted by Gasteiger charge is 2.48. The number of anilines is 1. The number of piperidine rings is 1. The van der Waals surface area contributed by atoms with E-state index in [9.17, 15) is 4.79 Å². The average Bonchev–Trinajstić information content (AvgIpc) is 2.96. The van der Waals surface area contributed by atoms with E-state index in [0.717, 1.165) is 38.2 Å². The summed E-state index contributed by atoms with van der Waals surface area (Å²) in [6, 6.07) is 23.3. The van der Waals surface area contributed by atoms with E-state index in [1.807, 2.05) is 18.2 Å². The number of carbonyl (C=O) groups is 1. The molecule has 1 saturated heterocycles. The molecule has 2 aliphatic heterocycles. The third kappa shape index (κ3) is 2.35. The van der Waals surface area contributed by atoms with Crippen LogP contribution in [0.15, 0.2) is 66.7 Å². The maximum absolute atomic E-state index is 12.7. The van der Waals surface area contributed by atoms with Crippen LogP contribution >= 0.6 is 0 Å². The number of nitrogens with zero attached hydrogens (tertiary/aromatic N) is 1. The molecule has 130 valence electrons. The molecule has 0 atom stereocenters. The molecule has 26 heavy (non-hydrogen) atoms. The smallest absolute Gasteiger partial charge is 0.235 e. The number of rotatable bonds is 2. The monoisotopic (exact) mass is 342 g/mol. The first kappa shape index (κ1) is 15.6. The largest absolute Gasteiger partial charge is 0.325 e. The zero-order valence-electron chi connectivity index (χ0n) is 14.7. The summed E-state index contributed by atoms with van der Waals surface area (Å²) in [5.41, 5.74) is 3.23. The molecule has 2 aliphatic rings. The third-order valence-electron chi connectivity index (χ3n) is 6.11. The second-order valence-electron chi connectivity index (χ2n) is 7.50. The van der Waals surface area contributed by atoms with Crippen LogP contribution in [0.1, 0.15) is 24.0 Å². The van der Waals surface area contributed by atoms with Crippen LogP contribution in [0.5, 0.6) is 0 Å². The van der Waals surface area contributed by atoms with Crippen LogP contribution in [0, 0.1) is 0 Å². The molecule has 3 nitrogen and oxygen atoms in total. The molecule has 0 aliphatic carbocycles. The van der Waals surface area contributed by atoms with Crippen LogP contribution in [-0.4, -0.2) is 23.9 Å². The number of hydrogen-bond acceptors (Lipinski definition) is 2. The highest BCUT2D eigenvalue weighted by atomic mass is 16.2. The minimum Gasteiger partial charge on any atom is -0.325 e. The quantitative estimate of drug-likeness (QED) is 0.752. The van der Waals surface area contributed by atoms with Gasteiger partial charge < -0.3 is 5.32 Å². The first-order valence-corrected chi connectivity index (χ1v) is 9.36. The highest BCUT2D eigenvalue weighted by molar-refractivity contribution is 6.06. The van der Waals surface area contributed by atoms with E-state index in [4.69, 9.17) is 0 Å². The Bertz CT molecular complexity index is 981. The van der Waals surface area contributed by atoms with Crippen LogP contribution in [0.25, 0.3) is 10.8 Å². The van der Waals surface area contributed by atoms with Crippen LogP contribution in [0.4, 0.5) is 5.69 Å². The molecule has 2 heterocycles. The van der Waals surface area contributed by atoms with E-state index < -0.39 is 0 Å². The van der Waals surface area contributed by atoms with Crippen molar-refractivity contribution in [2.24, 2.45) is 0 Å². The summed E-state index contributed by atoms with van der Waals surface area (Å²) in [6.07, 6.45) is 1.78. The second kappa shape index (κ2) is 5.96. The number of likely N-dealkylation sites (tertiary alicyclic amines) is 1. The number of amides is 1. The molecular weight excluding hydrogens is 320 g/mol. The van der Waals surface area contributed by atoms with Crippen molar-refractivity contribution in [3.63, 3.8) is 0 Å². The van der Waals surface area contributed by atoms with Crippen LogP contribution in [0.3, 0.4) is 0 Å². The summed E-state index contributed by atoms with van der Waals surface area (Å²) in [7, 11) is 0. The van der Waals surface area contributed by atoms with Crippen molar-refractivity contribution in [1.82, 2.24) is 4.90 Å². The third-order valence-corrected chi connectivity index (χ3v) is 6.11. The Morgan fingerprint density at radius 3 is 2.50 bits per heavy atom. The Morgan fingerprint density at radius 2 is 1.62 bits per heavy atom. The molecule has 1 fully saturated rings. The predicted octanol–water partition coefficient (Wildman–Crippen LogP) is 4.33. The van der Waals surface area contributed by atoms with Gasteiger partial charge in [0, 0.05) is 12.2 Å². The van der Waals surface area contributed by atoms with Crippen molar-refractivity contribution in [3.05, 3.63) is 77.9 Å². The highest BCUT2D eigenvalue weighted by Crippen LogP contribution is 2.44. The fourth-order valence-corrected chi connectivity index (χ4v) is 4.63. The Kier molecular flexibility index (Phi) is 3.57. The van der Waals surface area contributed by atoms with Crippen LogP contribution in [-0.2, 0) is 16.8 Å². The van der Waals surface area contributed by atoms with Gasteiger partial charge in [-0.3, -0.25) is 9.69 Å². The number of carbonyl (C=O) groups excluding carboxylic acids is 1. The number of para-hydroxylation sites is 1. The maximum atomic E-state index is 12.7. The van der Waals surface area contributed by atoms with Crippen LogP contribution in [0.2, 0.25) is 0 Å². The van der Waals surface area contributed by atoms with Crippen molar-refractivity contribution >= 4 is 22.4 Å². The van der Waals surface area contributed by atoms with E-state index in [1.165, 1.54) is 21.9 Å². The molecule has 0 saturated carbocycles. The Morgan fingerprint density at radius 1 is 0.885 bits per heavy atom. The lowest BCUT2D eigenvalue weighted by atomic mass is 9.73. The van der Waals surface area contributed by atoms with Crippen molar-refractivity contribution in [3.8, 4) is 0 Å². The van der Waals surface area contributed by atoms with Gasteiger partial charge in [0.25, 0.3) is 0 Å².